The Morgan fingerprint density at radius 1 is 1.05 bits per heavy atom. The normalized spacial score (nSPS) is 12.8. The zero-order valence-electron chi connectivity index (χ0n) is 12.6. The molecule has 2 nitrogen and oxygen atoms in total. The Hall–Kier alpha value is -1.61. The summed E-state index contributed by atoms with van der Waals surface area (Å²) in [5.41, 5.74) is 1.55. The third-order valence-electron chi connectivity index (χ3n) is 3.78. The summed E-state index contributed by atoms with van der Waals surface area (Å²) < 4.78 is 1.01. The van der Waals surface area contributed by atoms with E-state index in [1.807, 2.05) is 75.4 Å². The molecule has 110 valence electrons. The van der Waals surface area contributed by atoms with Crippen molar-refractivity contribution in [2.45, 2.75) is 32.2 Å². The number of halogens is 1. The van der Waals surface area contributed by atoms with Gasteiger partial charge in [-0.3, -0.25) is 4.79 Å². The van der Waals surface area contributed by atoms with E-state index in [0.717, 1.165) is 15.6 Å². The topological polar surface area (TPSA) is 29.1 Å². The Labute approximate surface area is 134 Å². The van der Waals surface area contributed by atoms with E-state index in [2.05, 4.69) is 21.2 Å². The molecule has 0 aliphatic heterocycles. The maximum absolute atomic E-state index is 12.6. The number of hydrogen-bond acceptors (Lipinski definition) is 1. The molecule has 0 fully saturated rings. The lowest BCUT2D eigenvalue weighted by Crippen LogP contribution is -2.41. The lowest BCUT2D eigenvalue weighted by molar-refractivity contribution is -0.126. The largest absolute Gasteiger partial charge is 0.349 e. The van der Waals surface area contributed by atoms with Gasteiger partial charge in [-0.2, -0.15) is 0 Å². The fourth-order valence-corrected chi connectivity index (χ4v) is 2.46. The summed E-state index contributed by atoms with van der Waals surface area (Å²) >= 11 is 3.42. The molecule has 3 heteroatoms. The van der Waals surface area contributed by atoms with Crippen molar-refractivity contribution in [1.82, 2.24) is 5.32 Å². The molecular formula is C18H20BrNO. The molecule has 0 saturated carbocycles. The van der Waals surface area contributed by atoms with Gasteiger partial charge in [0.05, 0.1) is 11.5 Å². The number of carbonyl (C=O) groups is 1. The number of rotatable bonds is 4. The van der Waals surface area contributed by atoms with Crippen molar-refractivity contribution in [3.05, 3.63) is 70.2 Å². The predicted molar refractivity (Wildman–Crippen MR) is 90.2 cm³/mol. The highest BCUT2D eigenvalue weighted by atomic mass is 79.9. The molecule has 1 atom stereocenters. The Balaban J connectivity index is 2.13. The van der Waals surface area contributed by atoms with Crippen molar-refractivity contribution in [1.29, 1.82) is 0 Å². The molecule has 0 heterocycles. The zero-order valence-corrected chi connectivity index (χ0v) is 14.1. The average Bonchev–Trinajstić information content (AvgIpc) is 2.48. The predicted octanol–water partition coefficient (Wildman–Crippen LogP) is 4.60. The first-order valence-electron chi connectivity index (χ1n) is 7.03. The minimum Gasteiger partial charge on any atom is -0.349 e. The summed E-state index contributed by atoms with van der Waals surface area (Å²) in [4.78, 5) is 12.6. The molecule has 21 heavy (non-hydrogen) atoms. The second kappa shape index (κ2) is 6.44. The van der Waals surface area contributed by atoms with Gasteiger partial charge in [-0.05, 0) is 44.0 Å². The standard InChI is InChI=1S/C18H20BrNO/c1-13(14-7-5-4-6-8-14)20-17(21)18(2,3)15-9-11-16(19)12-10-15/h4-13H,1-3H3,(H,20,21). The molecular weight excluding hydrogens is 326 g/mol. The van der Waals surface area contributed by atoms with Crippen molar-refractivity contribution in [3.63, 3.8) is 0 Å². The molecule has 0 spiro atoms. The van der Waals surface area contributed by atoms with Crippen LogP contribution in [0.2, 0.25) is 0 Å². The van der Waals surface area contributed by atoms with E-state index in [-0.39, 0.29) is 11.9 Å². The van der Waals surface area contributed by atoms with Crippen LogP contribution >= 0.6 is 15.9 Å². The number of nitrogens with one attached hydrogen (secondary N) is 1. The Morgan fingerprint density at radius 3 is 2.19 bits per heavy atom. The summed E-state index contributed by atoms with van der Waals surface area (Å²) in [5, 5.41) is 3.10. The minimum absolute atomic E-state index is 0.00609. The molecule has 1 N–H and O–H groups in total. The van der Waals surface area contributed by atoms with Gasteiger partial charge in [0, 0.05) is 4.47 Å². The van der Waals surface area contributed by atoms with Crippen molar-refractivity contribution in [2.24, 2.45) is 0 Å². The van der Waals surface area contributed by atoms with Crippen molar-refractivity contribution < 1.29 is 4.79 Å². The first kappa shape index (κ1) is 15.8. The van der Waals surface area contributed by atoms with E-state index >= 15 is 0 Å². The lowest BCUT2D eigenvalue weighted by atomic mass is 9.83. The Morgan fingerprint density at radius 2 is 1.62 bits per heavy atom. The Bertz CT molecular complexity index is 605. The molecule has 0 aromatic heterocycles. The van der Waals surface area contributed by atoms with E-state index in [0.29, 0.717) is 0 Å². The third kappa shape index (κ3) is 3.73. The Kier molecular flexibility index (Phi) is 4.84. The van der Waals surface area contributed by atoms with Gasteiger partial charge < -0.3 is 5.32 Å². The van der Waals surface area contributed by atoms with Gasteiger partial charge in [0.15, 0.2) is 0 Å². The van der Waals surface area contributed by atoms with Crippen LogP contribution in [0.1, 0.15) is 37.9 Å². The molecule has 2 aromatic rings. The summed E-state index contributed by atoms with van der Waals surface area (Å²) in [6, 6.07) is 17.9. The molecule has 1 unspecified atom stereocenters. The number of benzene rings is 2. The number of hydrogen-bond donors (Lipinski definition) is 1. The summed E-state index contributed by atoms with van der Waals surface area (Å²) in [7, 11) is 0. The molecule has 0 bridgehead atoms. The highest BCUT2D eigenvalue weighted by Gasteiger charge is 2.30. The van der Waals surface area contributed by atoms with E-state index in [1.54, 1.807) is 0 Å². The van der Waals surface area contributed by atoms with Gasteiger partial charge in [-0.15, -0.1) is 0 Å². The monoisotopic (exact) mass is 345 g/mol. The smallest absolute Gasteiger partial charge is 0.230 e. The SMILES string of the molecule is CC(NC(=O)C(C)(C)c1ccc(Br)cc1)c1ccccc1. The van der Waals surface area contributed by atoms with Crippen molar-refractivity contribution in [2.75, 3.05) is 0 Å². The van der Waals surface area contributed by atoms with E-state index in [4.69, 9.17) is 0 Å². The van der Waals surface area contributed by atoms with Crippen molar-refractivity contribution in [3.8, 4) is 0 Å². The number of amides is 1. The molecule has 0 radical (unpaired) electrons. The number of carbonyl (C=O) groups excluding carboxylic acids is 1. The zero-order chi connectivity index (χ0) is 15.5. The second-order valence-electron chi connectivity index (χ2n) is 5.74. The molecule has 1 amide bonds. The van der Waals surface area contributed by atoms with Crippen LogP contribution in [-0.4, -0.2) is 5.91 Å². The van der Waals surface area contributed by atoms with Crippen LogP contribution < -0.4 is 5.32 Å². The van der Waals surface area contributed by atoms with Crippen LogP contribution in [0.25, 0.3) is 0 Å². The first-order chi connectivity index (χ1) is 9.91. The molecule has 0 saturated heterocycles. The van der Waals surface area contributed by atoms with Gasteiger partial charge in [0.2, 0.25) is 5.91 Å². The minimum atomic E-state index is -0.566. The highest BCUT2D eigenvalue weighted by Crippen LogP contribution is 2.26. The summed E-state index contributed by atoms with van der Waals surface area (Å²) in [6.07, 6.45) is 0. The van der Waals surface area contributed by atoms with E-state index in [1.165, 1.54) is 0 Å². The van der Waals surface area contributed by atoms with Crippen molar-refractivity contribution >= 4 is 21.8 Å². The van der Waals surface area contributed by atoms with Crippen LogP contribution in [0.3, 0.4) is 0 Å². The van der Waals surface area contributed by atoms with Crippen LogP contribution in [0.15, 0.2) is 59.1 Å². The highest BCUT2D eigenvalue weighted by molar-refractivity contribution is 9.10. The van der Waals surface area contributed by atoms with Gasteiger partial charge in [0.1, 0.15) is 0 Å². The van der Waals surface area contributed by atoms with Gasteiger partial charge in [0.25, 0.3) is 0 Å². The maximum Gasteiger partial charge on any atom is 0.230 e. The second-order valence-corrected chi connectivity index (χ2v) is 6.65. The van der Waals surface area contributed by atoms with Crippen LogP contribution in [0, 0.1) is 0 Å². The van der Waals surface area contributed by atoms with Crippen LogP contribution in [0.4, 0.5) is 0 Å². The van der Waals surface area contributed by atoms with Crippen LogP contribution in [-0.2, 0) is 10.2 Å². The van der Waals surface area contributed by atoms with Gasteiger partial charge in [-0.25, -0.2) is 0 Å². The molecule has 0 aliphatic carbocycles. The summed E-state index contributed by atoms with van der Waals surface area (Å²) in [6.45, 7) is 5.90. The average molecular weight is 346 g/mol. The third-order valence-corrected chi connectivity index (χ3v) is 4.31. The quantitative estimate of drug-likeness (QED) is 0.861. The van der Waals surface area contributed by atoms with Gasteiger partial charge >= 0.3 is 0 Å². The molecule has 0 aliphatic rings. The fourth-order valence-electron chi connectivity index (χ4n) is 2.20. The van der Waals surface area contributed by atoms with E-state index in [9.17, 15) is 4.79 Å². The molecule has 2 rings (SSSR count). The summed E-state index contributed by atoms with van der Waals surface area (Å²) in [5.74, 6) is 0.0289. The van der Waals surface area contributed by atoms with Gasteiger partial charge in [-0.1, -0.05) is 58.4 Å². The fraction of sp³-hybridized carbons (Fsp3) is 0.278. The lowest BCUT2D eigenvalue weighted by Gasteiger charge is -2.26. The maximum atomic E-state index is 12.6. The van der Waals surface area contributed by atoms with Crippen LogP contribution in [0.5, 0.6) is 0 Å². The molecule has 2 aromatic carbocycles. The van der Waals surface area contributed by atoms with E-state index < -0.39 is 5.41 Å². The first-order valence-corrected chi connectivity index (χ1v) is 7.82.